The highest BCUT2D eigenvalue weighted by Gasteiger charge is 2.41. The van der Waals surface area contributed by atoms with Crippen LogP contribution in [0.15, 0.2) is 91.0 Å². The molecule has 0 saturated carbocycles. The molecule has 3 heteroatoms. The van der Waals surface area contributed by atoms with Crippen LogP contribution in [0.2, 0.25) is 0 Å². The number of rotatable bonds is 7. The van der Waals surface area contributed by atoms with Crippen LogP contribution in [-0.2, 0) is 10.2 Å². The van der Waals surface area contributed by atoms with Crippen LogP contribution in [0.5, 0.6) is 0 Å². The van der Waals surface area contributed by atoms with E-state index < -0.39 is 5.41 Å². The van der Waals surface area contributed by atoms with Gasteiger partial charge in [-0.05, 0) is 50.3 Å². The normalized spacial score (nSPS) is 11.4. The molecule has 0 atom stereocenters. The molecular weight excluding hydrogens is 332 g/mol. The Bertz CT molecular complexity index is 806. The van der Waals surface area contributed by atoms with E-state index in [1.807, 2.05) is 105 Å². The van der Waals surface area contributed by atoms with Crippen LogP contribution < -0.4 is 5.32 Å². The SMILES string of the molecule is CN(C)CCC(C(=O)Nc1ccccc1)(c1ccccc1)c1ccccc1. The van der Waals surface area contributed by atoms with Crippen molar-refractivity contribution >= 4 is 11.6 Å². The van der Waals surface area contributed by atoms with Gasteiger partial charge >= 0.3 is 0 Å². The molecule has 0 bridgehead atoms. The van der Waals surface area contributed by atoms with Gasteiger partial charge in [-0.3, -0.25) is 4.79 Å². The molecule has 27 heavy (non-hydrogen) atoms. The average molecular weight is 358 g/mol. The third-order valence-corrected chi connectivity index (χ3v) is 4.89. The van der Waals surface area contributed by atoms with Gasteiger partial charge in [-0.2, -0.15) is 0 Å². The molecule has 0 unspecified atom stereocenters. The highest BCUT2D eigenvalue weighted by molar-refractivity contribution is 6.01. The number of hydrogen-bond acceptors (Lipinski definition) is 2. The fraction of sp³-hybridized carbons (Fsp3) is 0.208. The second kappa shape index (κ2) is 8.65. The lowest BCUT2D eigenvalue weighted by Crippen LogP contribution is -2.43. The van der Waals surface area contributed by atoms with E-state index in [4.69, 9.17) is 0 Å². The van der Waals surface area contributed by atoms with E-state index in [0.717, 1.165) is 23.4 Å². The predicted molar refractivity (Wildman–Crippen MR) is 112 cm³/mol. The Morgan fingerprint density at radius 1 is 0.778 bits per heavy atom. The first-order valence-corrected chi connectivity index (χ1v) is 9.25. The number of para-hydroxylation sites is 1. The smallest absolute Gasteiger partial charge is 0.239 e. The van der Waals surface area contributed by atoms with E-state index in [1.54, 1.807) is 0 Å². The molecule has 1 amide bonds. The lowest BCUT2D eigenvalue weighted by molar-refractivity contribution is -0.120. The lowest BCUT2D eigenvalue weighted by atomic mass is 9.71. The van der Waals surface area contributed by atoms with E-state index >= 15 is 0 Å². The number of benzene rings is 3. The molecule has 0 saturated heterocycles. The molecule has 3 nitrogen and oxygen atoms in total. The first-order valence-electron chi connectivity index (χ1n) is 9.25. The Labute approximate surface area is 161 Å². The van der Waals surface area contributed by atoms with Crippen LogP contribution in [0.25, 0.3) is 0 Å². The number of nitrogens with zero attached hydrogens (tertiary/aromatic N) is 1. The summed E-state index contributed by atoms with van der Waals surface area (Å²) in [7, 11) is 4.08. The summed E-state index contributed by atoms with van der Waals surface area (Å²) in [6.07, 6.45) is 0.687. The van der Waals surface area contributed by atoms with Crippen molar-refractivity contribution < 1.29 is 4.79 Å². The van der Waals surface area contributed by atoms with E-state index in [1.165, 1.54) is 0 Å². The lowest BCUT2D eigenvalue weighted by Gasteiger charge is -2.35. The van der Waals surface area contributed by atoms with Gasteiger partial charge in [0.1, 0.15) is 5.41 Å². The Morgan fingerprint density at radius 2 is 1.22 bits per heavy atom. The molecule has 138 valence electrons. The maximum Gasteiger partial charge on any atom is 0.239 e. The van der Waals surface area contributed by atoms with Crippen LogP contribution in [0.1, 0.15) is 17.5 Å². The monoisotopic (exact) mass is 358 g/mol. The molecule has 0 aliphatic heterocycles. The average Bonchev–Trinajstić information content (AvgIpc) is 2.71. The summed E-state index contributed by atoms with van der Waals surface area (Å²) in [5, 5.41) is 3.15. The number of anilines is 1. The van der Waals surface area contributed by atoms with E-state index in [2.05, 4.69) is 10.2 Å². The van der Waals surface area contributed by atoms with E-state index in [9.17, 15) is 4.79 Å². The van der Waals surface area contributed by atoms with Gasteiger partial charge in [0.05, 0.1) is 0 Å². The molecule has 3 aromatic carbocycles. The molecule has 0 radical (unpaired) electrons. The summed E-state index contributed by atoms with van der Waals surface area (Å²) in [5.41, 5.74) is 2.06. The topological polar surface area (TPSA) is 32.3 Å². The van der Waals surface area contributed by atoms with Crippen molar-refractivity contribution in [2.24, 2.45) is 0 Å². The largest absolute Gasteiger partial charge is 0.325 e. The quantitative estimate of drug-likeness (QED) is 0.671. The summed E-state index contributed by atoms with van der Waals surface area (Å²) < 4.78 is 0. The van der Waals surface area contributed by atoms with E-state index in [-0.39, 0.29) is 5.91 Å². The fourth-order valence-corrected chi connectivity index (χ4v) is 3.43. The molecule has 1 N–H and O–H groups in total. The van der Waals surface area contributed by atoms with Crippen LogP contribution in [0.3, 0.4) is 0 Å². The summed E-state index contributed by atoms with van der Waals surface area (Å²) in [6.45, 7) is 0.798. The van der Waals surface area contributed by atoms with E-state index in [0.29, 0.717) is 6.42 Å². The second-order valence-corrected chi connectivity index (χ2v) is 7.01. The van der Waals surface area contributed by atoms with Gasteiger partial charge in [-0.15, -0.1) is 0 Å². The molecular formula is C24H26N2O. The highest BCUT2D eigenvalue weighted by atomic mass is 16.2. The van der Waals surface area contributed by atoms with Gasteiger partial charge < -0.3 is 10.2 Å². The first-order chi connectivity index (χ1) is 13.1. The molecule has 0 aromatic heterocycles. The third kappa shape index (κ3) is 4.26. The molecule has 0 spiro atoms. The molecule has 3 rings (SSSR count). The predicted octanol–water partition coefficient (Wildman–Crippen LogP) is 4.56. The van der Waals surface area contributed by atoms with Crippen molar-refractivity contribution in [3.63, 3.8) is 0 Å². The zero-order valence-electron chi connectivity index (χ0n) is 15.9. The van der Waals surface area contributed by atoms with Crippen molar-refractivity contribution in [3.05, 3.63) is 102 Å². The minimum atomic E-state index is -0.761. The zero-order valence-corrected chi connectivity index (χ0v) is 15.9. The summed E-state index contributed by atoms with van der Waals surface area (Å²) >= 11 is 0. The minimum Gasteiger partial charge on any atom is -0.325 e. The van der Waals surface area contributed by atoms with Gasteiger partial charge in [-0.25, -0.2) is 0 Å². The zero-order chi connectivity index (χ0) is 19.1. The number of amides is 1. The Morgan fingerprint density at radius 3 is 1.67 bits per heavy atom. The van der Waals surface area contributed by atoms with Gasteiger partial charge in [-0.1, -0.05) is 78.9 Å². The standard InChI is InChI=1S/C24H26N2O/c1-26(2)19-18-24(20-12-6-3-7-13-20,21-14-8-4-9-15-21)23(27)25-22-16-10-5-11-17-22/h3-17H,18-19H2,1-2H3,(H,25,27). The van der Waals surface area contributed by atoms with Crippen molar-refractivity contribution in [1.82, 2.24) is 4.90 Å². The first kappa shape index (κ1) is 18.9. The number of hydrogen-bond donors (Lipinski definition) is 1. The Kier molecular flexibility index (Phi) is 6.05. The van der Waals surface area contributed by atoms with Crippen molar-refractivity contribution in [2.75, 3.05) is 26.0 Å². The maximum absolute atomic E-state index is 13.7. The molecule has 0 fully saturated rings. The minimum absolute atomic E-state index is 0.00653. The summed E-state index contributed by atoms with van der Waals surface area (Å²) in [4.78, 5) is 15.8. The van der Waals surface area contributed by atoms with Crippen molar-refractivity contribution in [3.8, 4) is 0 Å². The van der Waals surface area contributed by atoms with Crippen LogP contribution in [0, 0.1) is 0 Å². The van der Waals surface area contributed by atoms with Crippen LogP contribution in [-0.4, -0.2) is 31.4 Å². The fourth-order valence-electron chi connectivity index (χ4n) is 3.43. The molecule has 0 aliphatic carbocycles. The number of carbonyl (C=O) groups is 1. The molecule has 3 aromatic rings. The molecule has 0 aliphatic rings. The second-order valence-electron chi connectivity index (χ2n) is 7.01. The third-order valence-electron chi connectivity index (χ3n) is 4.89. The molecule has 0 heterocycles. The van der Waals surface area contributed by atoms with Gasteiger partial charge in [0.2, 0.25) is 5.91 Å². The summed E-state index contributed by atoms with van der Waals surface area (Å²) in [6, 6.07) is 29.8. The Balaban J connectivity index is 2.11. The van der Waals surface area contributed by atoms with Gasteiger partial charge in [0.25, 0.3) is 0 Å². The van der Waals surface area contributed by atoms with Gasteiger partial charge in [0, 0.05) is 5.69 Å². The van der Waals surface area contributed by atoms with Gasteiger partial charge in [0.15, 0.2) is 0 Å². The van der Waals surface area contributed by atoms with Crippen LogP contribution >= 0.6 is 0 Å². The maximum atomic E-state index is 13.7. The Hall–Kier alpha value is -2.91. The van der Waals surface area contributed by atoms with Crippen molar-refractivity contribution in [2.45, 2.75) is 11.8 Å². The number of nitrogens with one attached hydrogen (secondary N) is 1. The highest BCUT2D eigenvalue weighted by Crippen LogP contribution is 2.37. The summed E-state index contributed by atoms with van der Waals surface area (Å²) in [5.74, 6) is -0.00653. The number of carbonyl (C=O) groups excluding carboxylic acids is 1. The van der Waals surface area contributed by atoms with Crippen LogP contribution in [0.4, 0.5) is 5.69 Å². The van der Waals surface area contributed by atoms with Crippen molar-refractivity contribution in [1.29, 1.82) is 0 Å².